The van der Waals surface area contributed by atoms with Crippen LogP contribution < -0.4 is 15.4 Å². The third-order valence-corrected chi connectivity index (χ3v) is 4.39. The molecule has 1 aliphatic rings. The molecule has 0 saturated heterocycles. The Hall–Kier alpha value is -3.36. The minimum absolute atomic E-state index is 0.237. The van der Waals surface area contributed by atoms with Gasteiger partial charge in [0.25, 0.3) is 0 Å². The highest BCUT2D eigenvalue weighted by Gasteiger charge is 2.34. The van der Waals surface area contributed by atoms with Gasteiger partial charge in [-0.1, -0.05) is 0 Å². The van der Waals surface area contributed by atoms with E-state index in [0.29, 0.717) is 23.5 Å². The largest absolute Gasteiger partial charge is 0.496 e. The number of aromatic nitrogens is 3. The molecule has 1 saturated carbocycles. The Balaban J connectivity index is 1.69. The van der Waals surface area contributed by atoms with Crippen molar-refractivity contribution in [3.8, 4) is 17.0 Å². The van der Waals surface area contributed by atoms with Gasteiger partial charge in [-0.3, -0.25) is 4.98 Å². The van der Waals surface area contributed by atoms with Crippen LogP contribution >= 0.6 is 0 Å². The molecule has 4 rings (SSSR count). The smallest absolute Gasteiger partial charge is 0.420 e. The van der Waals surface area contributed by atoms with Crippen molar-refractivity contribution in [2.45, 2.75) is 25.1 Å². The first kappa shape index (κ1) is 19.0. The number of methoxy groups -OCH3 is 1. The number of nitrogens with zero attached hydrogens (tertiary/aromatic N) is 3. The number of ether oxygens (including phenoxy) is 1. The Morgan fingerprint density at radius 2 is 1.79 bits per heavy atom. The van der Waals surface area contributed by atoms with Crippen molar-refractivity contribution in [3.63, 3.8) is 0 Å². The lowest BCUT2D eigenvalue weighted by Crippen LogP contribution is -2.09. The molecule has 0 spiro atoms. The van der Waals surface area contributed by atoms with Crippen LogP contribution in [0.25, 0.3) is 11.3 Å². The van der Waals surface area contributed by atoms with Crippen LogP contribution in [0.1, 0.15) is 18.4 Å². The Morgan fingerprint density at radius 1 is 1.03 bits per heavy atom. The quantitative estimate of drug-likeness (QED) is 0.613. The molecule has 2 N–H and O–H groups in total. The van der Waals surface area contributed by atoms with Crippen molar-refractivity contribution in [2.24, 2.45) is 0 Å². The van der Waals surface area contributed by atoms with E-state index in [9.17, 15) is 13.2 Å². The van der Waals surface area contributed by atoms with Crippen molar-refractivity contribution in [2.75, 3.05) is 17.7 Å². The summed E-state index contributed by atoms with van der Waals surface area (Å²) in [6.45, 7) is 0. The summed E-state index contributed by atoms with van der Waals surface area (Å²) in [5.74, 6) is 0.571. The van der Waals surface area contributed by atoms with Crippen molar-refractivity contribution < 1.29 is 17.9 Å². The van der Waals surface area contributed by atoms with Crippen LogP contribution in [0.5, 0.6) is 5.75 Å². The molecule has 150 valence electrons. The molecule has 0 bridgehead atoms. The van der Waals surface area contributed by atoms with E-state index in [2.05, 4.69) is 25.6 Å². The number of hydrogen-bond acceptors (Lipinski definition) is 6. The highest BCUT2D eigenvalue weighted by molar-refractivity contribution is 5.68. The molecule has 3 aromatic rings. The number of anilines is 3. The van der Waals surface area contributed by atoms with Gasteiger partial charge >= 0.3 is 6.18 Å². The molecular weight excluding hydrogens is 383 g/mol. The maximum absolute atomic E-state index is 13.3. The normalized spacial score (nSPS) is 13.8. The number of hydrogen-bond donors (Lipinski definition) is 2. The first-order valence-electron chi connectivity index (χ1n) is 9.00. The highest BCUT2D eigenvalue weighted by atomic mass is 19.4. The molecule has 6 nitrogen and oxygen atoms in total. The third-order valence-electron chi connectivity index (χ3n) is 4.39. The molecule has 1 fully saturated rings. The fourth-order valence-corrected chi connectivity index (χ4v) is 2.81. The van der Waals surface area contributed by atoms with Gasteiger partial charge in [0, 0.05) is 35.8 Å². The number of alkyl halides is 3. The summed E-state index contributed by atoms with van der Waals surface area (Å²) < 4.78 is 44.7. The van der Waals surface area contributed by atoms with Gasteiger partial charge in [-0.2, -0.15) is 18.2 Å². The lowest BCUT2D eigenvalue weighted by molar-refractivity contribution is -0.138. The second kappa shape index (κ2) is 7.57. The van der Waals surface area contributed by atoms with Gasteiger partial charge in [-0.25, -0.2) is 4.98 Å². The van der Waals surface area contributed by atoms with E-state index in [-0.39, 0.29) is 11.4 Å². The second-order valence-electron chi connectivity index (χ2n) is 6.65. The van der Waals surface area contributed by atoms with Crippen molar-refractivity contribution >= 4 is 17.5 Å². The summed E-state index contributed by atoms with van der Waals surface area (Å²) in [5.41, 5.74) is 0.854. The Labute approximate surface area is 165 Å². The SMILES string of the molecule is COc1ccc(Nc2cc(-c3ccncc3)nc(NC3CC3)n2)cc1C(F)(F)F. The highest BCUT2D eigenvalue weighted by Crippen LogP contribution is 2.38. The van der Waals surface area contributed by atoms with E-state index in [1.165, 1.54) is 19.2 Å². The van der Waals surface area contributed by atoms with Gasteiger partial charge in [0.15, 0.2) is 0 Å². The van der Waals surface area contributed by atoms with Gasteiger partial charge in [0.1, 0.15) is 11.6 Å². The molecule has 2 aromatic heterocycles. The number of benzene rings is 1. The zero-order valence-electron chi connectivity index (χ0n) is 15.5. The van der Waals surface area contributed by atoms with Crippen LogP contribution in [0.4, 0.5) is 30.6 Å². The topological polar surface area (TPSA) is 72.0 Å². The van der Waals surface area contributed by atoms with Crippen LogP contribution in [-0.4, -0.2) is 28.1 Å². The summed E-state index contributed by atoms with van der Waals surface area (Å²) in [4.78, 5) is 12.9. The van der Waals surface area contributed by atoms with E-state index in [0.717, 1.165) is 24.5 Å². The Bertz CT molecular complexity index is 1010. The first-order chi connectivity index (χ1) is 13.9. The zero-order valence-corrected chi connectivity index (χ0v) is 15.5. The van der Waals surface area contributed by atoms with Crippen LogP contribution in [-0.2, 0) is 6.18 Å². The first-order valence-corrected chi connectivity index (χ1v) is 9.00. The fourth-order valence-electron chi connectivity index (χ4n) is 2.81. The second-order valence-corrected chi connectivity index (χ2v) is 6.65. The predicted molar refractivity (Wildman–Crippen MR) is 103 cm³/mol. The third kappa shape index (κ3) is 4.56. The number of halogens is 3. The maximum Gasteiger partial charge on any atom is 0.420 e. The van der Waals surface area contributed by atoms with Gasteiger partial charge in [-0.05, 0) is 43.2 Å². The molecule has 0 atom stereocenters. The zero-order chi connectivity index (χ0) is 20.4. The minimum Gasteiger partial charge on any atom is -0.496 e. The van der Waals surface area contributed by atoms with Gasteiger partial charge in [0.2, 0.25) is 5.95 Å². The van der Waals surface area contributed by atoms with Crippen molar-refractivity contribution in [1.29, 1.82) is 0 Å². The summed E-state index contributed by atoms with van der Waals surface area (Å²) in [6, 6.07) is 9.42. The van der Waals surface area contributed by atoms with Gasteiger partial charge in [-0.15, -0.1) is 0 Å². The monoisotopic (exact) mass is 401 g/mol. The number of pyridine rings is 1. The van der Waals surface area contributed by atoms with Crippen LogP contribution in [0.2, 0.25) is 0 Å². The predicted octanol–water partition coefficient (Wildman–Crippen LogP) is 4.88. The molecule has 9 heteroatoms. The van der Waals surface area contributed by atoms with E-state index in [1.807, 2.05) is 12.1 Å². The maximum atomic E-state index is 13.3. The van der Waals surface area contributed by atoms with E-state index in [4.69, 9.17) is 4.74 Å². The fraction of sp³-hybridized carbons (Fsp3) is 0.250. The molecule has 1 aromatic carbocycles. The van der Waals surface area contributed by atoms with E-state index >= 15 is 0 Å². The molecule has 0 aliphatic heterocycles. The summed E-state index contributed by atoms with van der Waals surface area (Å²) in [7, 11) is 1.21. The van der Waals surface area contributed by atoms with Crippen LogP contribution in [0, 0.1) is 0 Å². The van der Waals surface area contributed by atoms with Gasteiger partial charge in [0.05, 0.1) is 18.4 Å². The number of rotatable bonds is 6. The average Bonchev–Trinajstić information content (AvgIpc) is 3.52. The van der Waals surface area contributed by atoms with Crippen molar-refractivity contribution in [3.05, 3.63) is 54.4 Å². The molecule has 0 radical (unpaired) electrons. The van der Waals surface area contributed by atoms with Crippen LogP contribution in [0.3, 0.4) is 0 Å². The average molecular weight is 401 g/mol. The standard InChI is InChI=1S/C20H18F3N5O/c1-29-17-5-4-14(10-15(17)20(21,22)23)25-18-11-16(12-6-8-24-9-7-12)27-19(28-18)26-13-2-3-13/h4-11,13H,2-3H2,1H3,(H2,25,26,27,28). The van der Waals surface area contributed by atoms with E-state index < -0.39 is 11.7 Å². The molecule has 0 unspecified atom stereocenters. The molecule has 0 amide bonds. The molecule has 1 aliphatic carbocycles. The lowest BCUT2D eigenvalue weighted by Gasteiger charge is -2.15. The van der Waals surface area contributed by atoms with Crippen molar-refractivity contribution in [1.82, 2.24) is 15.0 Å². The molecular formula is C20H18F3N5O. The van der Waals surface area contributed by atoms with Crippen LogP contribution in [0.15, 0.2) is 48.8 Å². The lowest BCUT2D eigenvalue weighted by atomic mass is 10.1. The number of nitrogens with one attached hydrogen (secondary N) is 2. The van der Waals surface area contributed by atoms with Gasteiger partial charge < -0.3 is 15.4 Å². The Kier molecular flexibility index (Phi) is 4.96. The van der Waals surface area contributed by atoms with E-state index in [1.54, 1.807) is 18.5 Å². The molecule has 29 heavy (non-hydrogen) atoms. The summed E-state index contributed by atoms with van der Waals surface area (Å²) >= 11 is 0. The Morgan fingerprint density at radius 3 is 2.45 bits per heavy atom. The summed E-state index contributed by atoms with van der Waals surface area (Å²) in [6.07, 6.45) is 0.850. The molecule has 2 heterocycles. The summed E-state index contributed by atoms with van der Waals surface area (Å²) in [5, 5.41) is 6.18. The minimum atomic E-state index is -4.53.